The van der Waals surface area contributed by atoms with Crippen molar-refractivity contribution in [3.63, 3.8) is 0 Å². The summed E-state index contributed by atoms with van der Waals surface area (Å²) >= 11 is 1.31. The van der Waals surface area contributed by atoms with Crippen molar-refractivity contribution < 1.29 is 22.4 Å². The third kappa shape index (κ3) is 4.08. The molecule has 130 valence electrons. The van der Waals surface area contributed by atoms with Gasteiger partial charge < -0.3 is 9.32 Å². The molecule has 4 nitrogen and oxygen atoms in total. The van der Waals surface area contributed by atoms with Crippen molar-refractivity contribution in [2.75, 3.05) is 6.54 Å². The van der Waals surface area contributed by atoms with Crippen LogP contribution in [0.2, 0.25) is 0 Å². The number of carbonyl (C=O) groups excluding carboxylic acids is 1. The lowest BCUT2D eigenvalue weighted by molar-refractivity contribution is -0.141. The summed E-state index contributed by atoms with van der Waals surface area (Å²) in [6, 6.07) is 9.38. The zero-order valence-electron chi connectivity index (χ0n) is 12.7. The fourth-order valence-electron chi connectivity index (χ4n) is 2.40. The molecule has 0 aliphatic heterocycles. The first kappa shape index (κ1) is 17.2. The number of halogens is 3. The molecule has 0 unspecified atom stereocenters. The predicted octanol–water partition coefficient (Wildman–Crippen LogP) is 4.06. The lowest BCUT2D eigenvalue weighted by Gasteiger charge is -2.23. The van der Waals surface area contributed by atoms with E-state index in [4.69, 9.17) is 4.42 Å². The van der Waals surface area contributed by atoms with Crippen LogP contribution in [0.3, 0.4) is 0 Å². The number of fused-ring (bicyclic) bond motifs is 1. The minimum absolute atomic E-state index is 0.242. The molecule has 0 aliphatic carbocycles. The molecule has 2 aromatic heterocycles. The Kier molecular flexibility index (Phi) is 4.63. The number of amides is 1. The summed E-state index contributed by atoms with van der Waals surface area (Å²) in [6.07, 6.45) is -4.58. The molecule has 0 bridgehead atoms. The van der Waals surface area contributed by atoms with Crippen LogP contribution in [0.5, 0.6) is 0 Å². The van der Waals surface area contributed by atoms with Crippen LogP contribution in [0.1, 0.15) is 15.9 Å². The largest absolute Gasteiger partial charge is 0.422 e. The molecule has 0 saturated carbocycles. The van der Waals surface area contributed by atoms with E-state index in [0.717, 1.165) is 0 Å². The van der Waals surface area contributed by atoms with Crippen molar-refractivity contribution in [3.8, 4) is 0 Å². The number of thiophene rings is 1. The van der Waals surface area contributed by atoms with E-state index < -0.39 is 29.8 Å². The van der Waals surface area contributed by atoms with Crippen LogP contribution in [-0.4, -0.2) is 23.5 Å². The number of hydrogen-bond donors (Lipinski definition) is 0. The number of alkyl halides is 3. The van der Waals surface area contributed by atoms with Gasteiger partial charge in [0.05, 0.1) is 0 Å². The van der Waals surface area contributed by atoms with Crippen LogP contribution < -0.4 is 5.63 Å². The summed E-state index contributed by atoms with van der Waals surface area (Å²) in [6.45, 7) is -1.69. The van der Waals surface area contributed by atoms with Crippen LogP contribution in [-0.2, 0) is 6.54 Å². The van der Waals surface area contributed by atoms with Crippen molar-refractivity contribution in [2.24, 2.45) is 0 Å². The van der Waals surface area contributed by atoms with E-state index >= 15 is 0 Å². The van der Waals surface area contributed by atoms with E-state index in [0.29, 0.717) is 15.8 Å². The van der Waals surface area contributed by atoms with Crippen molar-refractivity contribution in [2.45, 2.75) is 12.7 Å². The average Bonchev–Trinajstić information content (AvgIpc) is 3.04. The Balaban J connectivity index is 1.99. The third-order valence-electron chi connectivity index (χ3n) is 3.48. The lowest BCUT2D eigenvalue weighted by Crippen LogP contribution is -2.40. The molecule has 2 heterocycles. The minimum Gasteiger partial charge on any atom is -0.422 e. The maximum absolute atomic E-state index is 12.9. The summed E-state index contributed by atoms with van der Waals surface area (Å²) in [5, 5.41) is 3.82. The van der Waals surface area contributed by atoms with Gasteiger partial charge in [-0.25, -0.2) is 4.79 Å². The van der Waals surface area contributed by atoms with Gasteiger partial charge in [-0.2, -0.15) is 24.5 Å². The molecule has 0 spiro atoms. The van der Waals surface area contributed by atoms with Gasteiger partial charge in [0, 0.05) is 11.9 Å². The molecule has 0 radical (unpaired) electrons. The molecule has 3 rings (SSSR count). The number of nitrogens with zero attached hydrogens (tertiary/aromatic N) is 1. The minimum atomic E-state index is -4.58. The van der Waals surface area contributed by atoms with Crippen molar-refractivity contribution in [1.29, 1.82) is 0 Å². The van der Waals surface area contributed by atoms with Gasteiger partial charge in [0.25, 0.3) is 5.91 Å². The molecule has 0 atom stereocenters. The highest BCUT2D eigenvalue weighted by Crippen LogP contribution is 2.21. The maximum atomic E-state index is 12.9. The maximum Gasteiger partial charge on any atom is 0.406 e. The Bertz CT molecular complexity index is 948. The van der Waals surface area contributed by atoms with Gasteiger partial charge in [-0.05, 0) is 34.5 Å². The number of benzene rings is 1. The van der Waals surface area contributed by atoms with Gasteiger partial charge in [-0.15, -0.1) is 0 Å². The third-order valence-corrected chi connectivity index (χ3v) is 4.21. The molecule has 0 fully saturated rings. The van der Waals surface area contributed by atoms with Gasteiger partial charge >= 0.3 is 11.8 Å². The van der Waals surface area contributed by atoms with Crippen LogP contribution in [0, 0.1) is 0 Å². The molecule has 0 saturated heterocycles. The molecular weight excluding hydrogens is 355 g/mol. The van der Waals surface area contributed by atoms with Crippen LogP contribution in [0.25, 0.3) is 11.0 Å². The topological polar surface area (TPSA) is 50.5 Å². The van der Waals surface area contributed by atoms with E-state index in [2.05, 4.69) is 0 Å². The standard InChI is InChI=1S/C17H12F3NO3S/c18-17(19,20)10-21(8-11-5-6-25-9-11)15(22)13-7-12-3-1-2-4-14(12)24-16(13)23/h1-7,9H,8,10H2. The summed E-state index contributed by atoms with van der Waals surface area (Å²) in [5.74, 6) is -1.01. The molecule has 1 amide bonds. The van der Waals surface area contributed by atoms with E-state index in [1.54, 1.807) is 41.1 Å². The fraction of sp³-hybridized carbons (Fsp3) is 0.176. The van der Waals surface area contributed by atoms with E-state index in [-0.39, 0.29) is 12.1 Å². The van der Waals surface area contributed by atoms with Gasteiger partial charge in [0.15, 0.2) is 0 Å². The zero-order chi connectivity index (χ0) is 18.0. The second kappa shape index (κ2) is 6.72. The molecule has 0 N–H and O–H groups in total. The number of rotatable bonds is 4. The summed E-state index contributed by atoms with van der Waals surface area (Å²) in [5.41, 5.74) is -0.545. The normalized spacial score (nSPS) is 11.6. The Morgan fingerprint density at radius 1 is 1.20 bits per heavy atom. The number of hydrogen-bond acceptors (Lipinski definition) is 4. The Morgan fingerprint density at radius 2 is 1.96 bits per heavy atom. The van der Waals surface area contributed by atoms with Crippen LogP contribution >= 0.6 is 11.3 Å². The van der Waals surface area contributed by atoms with Gasteiger partial charge in [-0.3, -0.25) is 4.79 Å². The lowest BCUT2D eigenvalue weighted by atomic mass is 10.1. The molecule has 25 heavy (non-hydrogen) atoms. The van der Waals surface area contributed by atoms with Crippen molar-refractivity contribution in [3.05, 3.63) is 68.7 Å². The highest BCUT2D eigenvalue weighted by molar-refractivity contribution is 7.07. The Morgan fingerprint density at radius 3 is 2.64 bits per heavy atom. The van der Waals surface area contributed by atoms with E-state index in [1.807, 2.05) is 0 Å². The summed E-state index contributed by atoms with van der Waals surface area (Å²) in [4.78, 5) is 25.2. The SMILES string of the molecule is O=C(c1cc2ccccc2oc1=O)N(Cc1ccsc1)CC(F)(F)F. The molecule has 0 aliphatic rings. The Labute approximate surface area is 144 Å². The van der Waals surface area contributed by atoms with Crippen molar-refractivity contribution in [1.82, 2.24) is 4.90 Å². The first-order chi connectivity index (χ1) is 11.8. The highest BCUT2D eigenvalue weighted by atomic mass is 32.1. The van der Waals surface area contributed by atoms with Gasteiger partial charge in [-0.1, -0.05) is 18.2 Å². The van der Waals surface area contributed by atoms with Crippen molar-refractivity contribution >= 4 is 28.2 Å². The van der Waals surface area contributed by atoms with Gasteiger partial charge in [0.1, 0.15) is 17.7 Å². The molecule has 3 aromatic rings. The van der Waals surface area contributed by atoms with Crippen LogP contribution in [0.15, 0.2) is 56.4 Å². The number of para-hydroxylation sites is 1. The second-order valence-corrected chi connectivity index (χ2v) is 6.17. The quantitative estimate of drug-likeness (QED) is 0.654. The predicted molar refractivity (Wildman–Crippen MR) is 87.6 cm³/mol. The zero-order valence-corrected chi connectivity index (χ0v) is 13.6. The highest BCUT2D eigenvalue weighted by Gasteiger charge is 2.34. The molecule has 8 heteroatoms. The monoisotopic (exact) mass is 367 g/mol. The first-order valence-electron chi connectivity index (χ1n) is 7.23. The number of carbonyl (C=O) groups is 1. The van der Waals surface area contributed by atoms with E-state index in [1.165, 1.54) is 17.4 Å². The molecular formula is C17H12F3NO3S. The summed E-state index contributed by atoms with van der Waals surface area (Å²) in [7, 11) is 0. The molecule has 1 aromatic carbocycles. The van der Waals surface area contributed by atoms with Crippen LogP contribution in [0.4, 0.5) is 13.2 Å². The summed E-state index contributed by atoms with van der Waals surface area (Å²) < 4.78 is 43.7. The smallest absolute Gasteiger partial charge is 0.406 e. The second-order valence-electron chi connectivity index (χ2n) is 5.39. The van der Waals surface area contributed by atoms with E-state index in [9.17, 15) is 22.8 Å². The average molecular weight is 367 g/mol. The Hall–Kier alpha value is -2.61. The fourth-order valence-corrected chi connectivity index (χ4v) is 3.06. The van der Waals surface area contributed by atoms with Gasteiger partial charge in [0.2, 0.25) is 0 Å². The first-order valence-corrected chi connectivity index (χ1v) is 8.18.